The standard InChI is InChI=1S/C23H35FN8O/c1-30-14-10-18(11-15-30)31(2)23-27-21(25-17-8-9-20(33-3)19(24)16-17)26-22(28-23)29-32-12-6-4-5-7-13-32/h8-9,16,18H,4-7,10-15H2,1-3H3,(H2,25,26,27,28,29). The smallest absolute Gasteiger partial charge is 0.244 e. The minimum absolute atomic E-state index is 0.197. The summed E-state index contributed by atoms with van der Waals surface area (Å²) in [4.78, 5) is 18.5. The fourth-order valence-corrected chi connectivity index (χ4v) is 4.37. The van der Waals surface area contributed by atoms with E-state index >= 15 is 0 Å². The largest absolute Gasteiger partial charge is 0.494 e. The van der Waals surface area contributed by atoms with Gasteiger partial charge in [-0.25, -0.2) is 9.40 Å². The predicted octanol–water partition coefficient (Wildman–Crippen LogP) is 3.50. The minimum atomic E-state index is -0.442. The van der Waals surface area contributed by atoms with Gasteiger partial charge >= 0.3 is 0 Å². The third-order valence-corrected chi connectivity index (χ3v) is 6.45. The van der Waals surface area contributed by atoms with Gasteiger partial charge in [-0.3, -0.25) is 5.43 Å². The van der Waals surface area contributed by atoms with Gasteiger partial charge in [-0.2, -0.15) is 15.0 Å². The summed E-state index contributed by atoms with van der Waals surface area (Å²) in [5, 5.41) is 5.32. The van der Waals surface area contributed by atoms with Crippen molar-refractivity contribution in [3.8, 4) is 5.75 Å². The van der Waals surface area contributed by atoms with E-state index in [-0.39, 0.29) is 5.75 Å². The van der Waals surface area contributed by atoms with E-state index in [4.69, 9.17) is 9.72 Å². The Labute approximate surface area is 195 Å². The lowest BCUT2D eigenvalue weighted by atomic mass is 10.0. The van der Waals surface area contributed by atoms with Crippen LogP contribution in [-0.4, -0.2) is 78.3 Å². The molecule has 2 fully saturated rings. The number of aromatic nitrogens is 3. The van der Waals surface area contributed by atoms with Crippen LogP contribution in [0.1, 0.15) is 38.5 Å². The molecule has 10 heteroatoms. The molecule has 0 aliphatic carbocycles. The van der Waals surface area contributed by atoms with E-state index in [0.717, 1.165) is 51.9 Å². The summed E-state index contributed by atoms with van der Waals surface area (Å²) in [5.41, 5.74) is 3.93. The molecule has 2 aliphatic heterocycles. The lowest BCUT2D eigenvalue weighted by Crippen LogP contribution is -2.42. The maximum absolute atomic E-state index is 14.2. The molecule has 0 saturated carbocycles. The highest BCUT2D eigenvalue weighted by Gasteiger charge is 2.24. The molecule has 2 N–H and O–H groups in total. The van der Waals surface area contributed by atoms with Crippen LogP contribution in [0.4, 0.5) is 27.9 Å². The van der Waals surface area contributed by atoms with Crippen LogP contribution in [0.5, 0.6) is 5.75 Å². The van der Waals surface area contributed by atoms with E-state index in [9.17, 15) is 4.39 Å². The first-order valence-electron chi connectivity index (χ1n) is 11.8. The molecule has 2 saturated heterocycles. The van der Waals surface area contributed by atoms with Gasteiger partial charge in [0.2, 0.25) is 17.8 Å². The molecule has 0 spiro atoms. The zero-order valence-electron chi connectivity index (χ0n) is 19.8. The third-order valence-electron chi connectivity index (χ3n) is 6.45. The van der Waals surface area contributed by atoms with Crippen LogP contribution in [0.3, 0.4) is 0 Å². The Morgan fingerprint density at radius 3 is 2.36 bits per heavy atom. The van der Waals surface area contributed by atoms with Gasteiger partial charge in [0.25, 0.3) is 0 Å². The second-order valence-electron chi connectivity index (χ2n) is 8.92. The van der Waals surface area contributed by atoms with E-state index in [1.54, 1.807) is 12.1 Å². The monoisotopic (exact) mass is 458 g/mol. The van der Waals surface area contributed by atoms with E-state index in [1.807, 2.05) is 7.05 Å². The maximum Gasteiger partial charge on any atom is 0.244 e. The predicted molar refractivity (Wildman–Crippen MR) is 129 cm³/mol. The van der Waals surface area contributed by atoms with Gasteiger partial charge in [0, 0.05) is 37.9 Å². The number of hydrogen-bond donors (Lipinski definition) is 2. The molecule has 2 aliphatic rings. The van der Waals surface area contributed by atoms with Crippen molar-refractivity contribution in [1.29, 1.82) is 0 Å². The summed E-state index contributed by atoms with van der Waals surface area (Å²) in [5.74, 6) is 1.23. The highest BCUT2D eigenvalue weighted by molar-refractivity contribution is 5.57. The van der Waals surface area contributed by atoms with E-state index in [2.05, 4.69) is 42.6 Å². The van der Waals surface area contributed by atoms with Crippen molar-refractivity contribution in [2.45, 2.75) is 44.6 Å². The van der Waals surface area contributed by atoms with Crippen molar-refractivity contribution < 1.29 is 9.13 Å². The van der Waals surface area contributed by atoms with Crippen LogP contribution in [0.25, 0.3) is 0 Å². The van der Waals surface area contributed by atoms with E-state index in [1.165, 1.54) is 26.0 Å². The second-order valence-corrected chi connectivity index (χ2v) is 8.92. The quantitative estimate of drug-likeness (QED) is 0.648. The number of halogens is 1. The number of methoxy groups -OCH3 is 1. The van der Waals surface area contributed by atoms with Crippen molar-refractivity contribution in [2.75, 3.05) is 63.0 Å². The Morgan fingerprint density at radius 2 is 1.70 bits per heavy atom. The van der Waals surface area contributed by atoms with Gasteiger partial charge in [0.1, 0.15) is 0 Å². The highest BCUT2D eigenvalue weighted by atomic mass is 19.1. The van der Waals surface area contributed by atoms with Crippen molar-refractivity contribution >= 4 is 23.5 Å². The molecule has 1 aromatic carbocycles. The molecular weight excluding hydrogens is 423 g/mol. The van der Waals surface area contributed by atoms with Crippen LogP contribution in [-0.2, 0) is 0 Å². The third kappa shape index (κ3) is 6.20. The summed E-state index contributed by atoms with van der Waals surface area (Å²) >= 11 is 0. The average Bonchev–Trinajstić information content (AvgIpc) is 3.08. The van der Waals surface area contributed by atoms with Crippen LogP contribution in [0, 0.1) is 5.82 Å². The van der Waals surface area contributed by atoms with Gasteiger partial charge in [0.15, 0.2) is 11.6 Å². The number of likely N-dealkylation sites (tertiary alicyclic amines) is 1. The number of nitrogens with one attached hydrogen (secondary N) is 2. The maximum atomic E-state index is 14.2. The average molecular weight is 459 g/mol. The number of hydrazine groups is 1. The molecule has 0 radical (unpaired) electrons. The lowest BCUT2D eigenvalue weighted by Gasteiger charge is -2.35. The first-order chi connectivity index (χ1) is 16.0. The zero-order chi connectivity index (χ0) is 23.2. The molecule has 0 unspecified atom stereocenters. The summed E-state index contributed by atoms with van der Waals surface area (Å²) in [7, 11) is 5.64. The van der Waals surface area contributed by atoms with Gasteiger partial charge in [-0.15, -0.1) is 0 Å². The summed E-state index contributed by atoms with van der Waals surface area (Å²) in [6, 6.07) is 5.07. The van der Waals surface area contributed by atoms with Crippen LogP contribution in [0.2, 0.25) is 0 Å². The number of rotatable bonds is 7. The fraction of sp³-hybridized carbons (Fsp3) is 0.609. The van der Waals surface area contributed by atoms with Crippen molar-refractivity contribution in [3.05, 3.63) is 24.0 Å². The SMILES string of the molecule is COc1ccc(Nc2nc(NN3CCCCCC3)nc(N(C)C3CCN(C)CC3)n2)cc1F. The Kier molecular flexibility index (Phi) is 7.77. The molecule has 0 bridgehead atoms. The number of nitrogens with zero attached hydrogens (tertiary/aromatic N) is 6. The summed E-state index contributed by atoms with van der Waals surface area (Å²) in [6.07, 6.45) is 6.90. The zero-order valence-corrected chi connectivity index (χ0v) is 19.8. The Morgan fingerprint density at radius 1 is 1.00 bits per heavy atom. The second kappa shape index (κ2) is 10.9. The number of anilines is 4. The minimum Gasteiger partial charge on any atom is -0.494 e. The molecule has 2 aromatic rings. The number of ether oxygens (including phenoxy) is 1. The van der Waals surface area contributed by atoms with Crippen LogP contribution >= 0.6 is 0 Å². The summed E-state index contributed by atoms with van der Waals surface area (Å²) in [6.45, 7) is 4.01. The van der Waals surface area contributed by atoms with Crippen LogP contribution in [0.15, 0.2) is 18.2 Å². The normalized spacial score (nSPS) is 18.5. The first kappa shape index (κ1) is 23.4. The molecule has 180 valence electrons. The van der Waals surface area contributed by atoms with Gasteiger partial charge in [-0.1, -0.05) is 12.8 Å². The Balaban J connectivity index is 1.58. The number of hydrogen-bond acceptors (Lipinski definition) is 9. The van der Waals surface area contributed by atoms with Gasteiger partial charge < -0.3 is 19.9 Å². The Bertz CT molecular complexity index is 913. The van der Waals surface area contributed by atoms with E-state index in [0.29, 0.717) is 29.6 Å². The molecule has 33 heavy (non-hydrogen) atoms. The number of piperidine rings is 1. The van der Waals surface area contributed by atoms with E-state index < -0.39 is 5.82 Å². The van der Waals surface area contributed by atoms with Crippen molar-refractivity contribution in [2.24, 2.45) is 0 Å². The topological polar surface area (TPSA) is 81.7 Å². The summed E-state index contributed by atoms with van der Waals surface area (Å²) < 4.78 is 19.2. The molecule has 0 atom stereocenters. The van der Waals surface area contributed by atoms with Gasteiger partial charge in [0.05, 0.1) is 7.11 Å². The van der Waals surface area contributed by atoms with Crippen LogP contribution < -0.4 is 20.4 Å². The highest BCUT2D eigenvalue weighted by Crippen LogP contribution is 2.25. The van der Waals surface area contributed by atoms with Gasteiger partial charge in [-0.05, 0) is 58.0 Å². The molecular formula is C23H35FN8O. The number of benzene rings is 1. The molecule has 1 aromatic heterocycles. The Hall–Kier alpha value is -2.72. The first-order valence-corrected chi connectivity index (χ1v) is 11.8. The molecule has 3 heterocycles. The molecule has 9 nitrogen and oxygen atoms in total. The molecule has 4 rings (SSSR count). The lowest BCUT2D eigenvalue weighted by molar-refractivity contribution is 0.252. The molecule has 0 amide bonds. The van der Waals surface area contributed by atoms with Crippen molar-refractivity contribution in [1.82, 2.24) is 24.9 Å². The van der Waals surface area contributed by atoms with Crippen molar-refractivity contribution in [3.63, 3.8) is 0 Å². The fourth-order valence-electron chi connectivity index (χ4n) is 4.37.